The van der Waals surface area contributed by atoms with Crippen LogP contribution in [0.15, 0.2) is 107 Å². The molecule has 0 N–H and O–H groups in total. The van der Waals surface area contributed by atoms with Crippen molar-refractivity contribution in [3.05, 3.63) is 108 Å². The molecule has 4 aromatic rings. The summed E-state index contributed by atoms with van der Waals surface area (Å²) in [5, 5.41) is 0. The predicted molar refractivity (Wildman–Crippen MR) is 122 cm³/mol. The fourth-order valence-corrected chi connectivity index (χ4v) is 3.60. The van der Waals surface area contributed by atoms with Crippen LogP contribution in [0.25, 0.3) is 22.3 Å². The fraction of sp³-hybridized carbons (Fsp3) is 0.0370. The van der Waals surface area contributed by atoms with Gasteiger partial charge in [-0.05, 0) is 57.6 Å². The first-order valence-corrected chi connectivity index (χ1v) is 9.81. The van der Waals surface area contributed by atoms with Crippen LogP contribution in [0.1, 0.15) is 11.1 Å². The zero-order valence-electron chi connectivity index (χ0n) is 16.7. The molecule has 4 heteroatoms. The third-order valence-corrected chi connectivity index (χ3v) is 5.09. The van der Waals surface area contributed by atoms with Crippen molar-refractivity contribution in [1.29, 1.82) is 0 Å². The van der Waals surface area contributed by atoms with Gasteiger partial charge in [0.15, 0.2) is 0 Å². The van der Waals surface area contributed by atoms with Gasteiger partial charge in [0, 0.05) is 6.42 Å². The van der Waals surface area contributed by atoms with Crippen LogP contribution in [0.5, 0.6) is 0 Å². The Bertz CT molecular complexity index is 1200. The first-order chi connectivity index (χ1) is 15.3. The highest BCUT2D eigenvalue weighted by atomic mass is 16.1. The van der Waals surface area contributed by atoms with E-state index in [1.807, 2.05) is 97.1 Å². The van der Waals surface area contributed by atoms with Gasteiger partial charge in [0.2, 0.25) is 12.2 Å². The molecule has 0 spiro atoms. The fourth-order valence-electron chi connectivity index (χ4n) is 3.60. The van der Waals surface area contributed by atoms with Gasteiger partial charge < -0.3 is 0 Å². The molecule has 0 unspecified atom stereocenters. The minimum Gasteiger partial charge on any atom is -0.211 e. The Morgan fingerprint density at radius 2 is 0.935 bits per heavy atom. The lowest BCUT2D eigenvalue weighted by Crippen LogP contribution is -1.93. The number of benzene rings is 4. The maximum Gasteiger partial charge on any atom is 0.240 e. The molecule has 0 aromatic heterocycles. The van der Waals surface area contributed by atoms with Gasteiger partial charge >= 0.3 is 0 Å². The molecule has 0 saturated heterocycles. The Balaban J connectivity index is 1.81. The summed E-state index contributed by atoms with van der Waals surface area (Å²) in [5.74, 6) is 0. The molecule has 0 radical (unpaired) electrons. The van der Waals surface area contributed by atoms with E-state index in [1.165, 1.54) is 0 Å². The van der Waals surface area contributed by atoms with Gasteiger partial charge in [-0.15, -0.1) is 0 Å². The lowest BCUT2D eigenvalue weighted by Gasteiger charge is -2.12. The molecule has 0 aliphatic rings. The second kappa shape index (κ2) is 9.43. The molecule has 0 amide bonds. The molecule has 4 nitrogen and oxygen atoms in total. The molecule has 0 aliphatic heterocycles. The summed E-state index contributed by atoms with van der Waals surface area (Å²) >= 11 is 0. The molecule has 148 valence electrons. The van der Waals surface area contributed by atoms with Crippen LogP contribution in [0.4, 0.5) is 11.4 Å². The Hall–Kier alpha value is -4.36. The average Bonchev–Trinajstić information content (AvgIpc) is 2.83. The van der Waals surface area contributed by atoms with Crippen molar-refractivity contribution in [3.63, 3.8) is 0 Å². The maximum atomic E-state index is 11.0. The summed E-state index contributed by atoms with van der Waals surface area (Å²) < 4.78 is 0. The summed E-state index contributed by atoms with van der Waals surface area (Å²) in [6, 6.07) is 31.5. The molecule has 0 heterocycles. The zero-order valence-corrected chi connectivity index (χ0v) is 16.7. The standard InChI is InChI=1S/C27H18N2O2/c30-18-28-26-13-11-22(20-7-3-1-4-8-20)15-24(26)17-25-16-23(12-14-27(25)29-19-31)21-9-5-2-6-10-21/h1-16H,17H2. The largest absolute Gasteiger partial charge is 0.240 e. The van der Waals surface area contributed by atoms with E-state index in [1.54, 1.807) is 12.2 Å². The van der Waals surface area contributed by atoms with Gasteiger partial charge in [0.25, 0.3) is 0 Å². The normalized spacial score (nSPS) is 10.1. The topological polar surface area (TPSA) is 58.9 Å². The molecule has 4 aromatic carbocycles. The minimum atomic E-state index is 0.447. The average molecular weight is 402 g/mol. The lowest BCUT2D eigenvalue weighted by molar-refractivity contribution is 0.564. The number of rotatable bonds is 6. The van der Waals surface area contributed by atoms with Crippen LogP contribution in [-0.4, -0.2) is 12.2 Å². The highest BCUT2D eigenvalue weighted by molar-refractivity contribution is 5.72. The van der Waals surface area contributed by atoms with Crippen LogP contribution in [0.2, 0.25) is 0 Å². The second-order valence-corrected chi connectivity index (χ2v) is 7.00. The SMILES string of the molecule is O=C=Nc1ccc(-c2ccccc2)cc1Cc1cc(-c2ccccc2)ccc1N=C=O. The minimum absolute atomic E-state index is 0.447. The summed E-state index contributed by atoms with van der Waals surface area (Å²) in [6.07, 6.45) is 3.72. The Kier molecular flexibility index (Phi) is 6.06. The Morgan fingerprint density at radius 3 is 1.32 bits per heavy atom. The van der Waals surface area contributed by atoms with E-state index in [-0.39, 0.29) is 0 Å². The number of nitrogens with zero attached hydrogens (tertiary/aromatic N) is 2. The summed E-state index contributed by atoms with van der Waals surface area (Å²) in [5.41, 5.74) is 6.93. The van der Waals surface area contributed by atoms with E-state index < -0.39 is 0 Å². The second-order valence-electron chi connectivity index (χ2n) is 7.00. The smallest absolute Gasteiger partial charge is 0.211 e. The van der Waals surface area contributed by atoms with Gasteiger partial charge in [0.05, 0.1) is 11.4 Å². The van der Waals surface area contributed by atoms with E-state index in [0.717, 1.165) is 33.4 Å². The molecule has 0 saturated carbocycles. The molecule has 0 atom stereocenters. The van der Waals surface area contributed by atoms with E-state index >= 15 is 0 Å². The lowest BCUT2D eigenvalue weighted by atomic mass is 9.94. The van der Waals surface area contributed by atoms with Crippen LogP contribution in [0.3, 0.4) is 0 Å². The van der Waals surface area contributed by atoms with Gasteiger partial charge in [-0.25, -0.2) is 9.59 Å². The number of isocyanates is 2. The quantitative estimate of drug-likeness (QED) is 0.271. The summed E-state index contributed by atoms with van der Waals surface area (Å²) in [4.78, 5) is 29.7. The van der Waals surface area contributed by atoms with Gasteiger partial charge in [-0.1, -0.05) is 72.8 Å². The van der Waals surface area contributed by atoms with E-state index in [9.17, 15) is 9.59 Å². The first-order valence-electron chi connectivity index (χ1n) is 9.81. The van der Waals surface area contributed by atoms with E-state index in [4.69, 9.17) is 0 Å². The van der Waals surface area contributed by atoms with Crippen molar-refractivity contribution in [1.82, 2.24) is 0 Å². The molecule has 0 fully saturated rings. The number of carbonyl (C=O) groups excluding carboxylic acids is 2. The monoisotopic (exact) mass is 402 g/mol. The van der Waals surface area contributed by atoms with Crippen molar-refractivity contribution in [3.8, 4) is 22.3 Å². The van der Waals surface area contributed by atoms with Crippen molar-refractivity contribution in [2.24, 2.45) is 9.98 Å². The third kappa shape index (κ3) is 4.63. The molecule has 0 aliphatic carbocycles. The van der Waals surface area contributed by atoms with E-state index in [2.05, 4.69) is 9.98 Å². The van der Waals surface area contributed by atoms with Crippen LogP contribution in [0, 0.1) is 0 Å². The number of hydrogen-bond acceptors (Lipinski definition) is 4. The molecular formula is C27H18N2O2. The molecule has 4 rings (SSSR count). The first kappa shape index (κ1) is 19.9. The van der Waals surface area contributed by atoms with Crippen LogP contribution >= 0.6 is 0 Å². The predicted octanol–water partition coefficient (Wildman–Crippen LogP) is 6.55. The van der Waals surface area contributed by atoms with E-state index in [0.29, 0.717) is 17.8 Å². The zero-order chi connectivity index (χ0) is 21.5. The Labute approximate surface area is 180 Å². The van der Waals surface area contributed by atoms with Crippen molar-refractivity contribution < 1.29 is 9.59 Å². The van der Waals surface area contributed by atoms with Crippen molar-refractivity contribution >= 4 is 23.5 Å². The van der Waals surface area contributed by atoms with Gasteiger partial charge in [-0.2, -0.15) is 9.98 Å². The summed E-state index contributed by atoms with van der Waals surface area (Å²) in [6.45, 7) is 0. The maximum absolute atomic E-state index is 11.0. The van der Waals surface area contributed by atoms with Crippen molar-refractivity contribution in [2.45, 2.75) is 6.42 Å². The van der Waals surface area contributed by atoms with Crippen molar-refractivity contribution in [2.75, 3.05) is 0 Å². The van der Waals surface area contributed by atoms with Crippen LogP contribution in [-0.2, 0) is 16.0 Å². The third-order valence-electron chi connectivity index (χ3n) is 5.09. The van der Waals surface area contributed by atoms with Crippen LogP contribution < -0.4 is 0 Å². The number of aliphatic imine (C=N–C) groups is 2. The highest BCUT2D eigenvalue weighted by Gasteiger charge is 2.11. The molecule has 31 heavy (non-hydrogen) atoms. The summed E-state index contributed by atoms with van der Waals surface area (Å²) in [7, 11) is 0. The van der Waals surface area contributed by atoms with Gasteiger partial charge in [-0.3, -0.25) is 0 Å². The molecule has 0 bridgehead atoms. The van der Waals surface area contributed by atoms with Gasteiger partial charge in [0.1, 0.15) is 0 Å². The highest BCUT2D eigenvalue weighted by Crippen LogP contribution is 2.33. The molecular weight excluding hydrogens is 384 g/mol. The Morgan fingerprint density at radius 1 is 0.516 bits per heavy atom. The number of hydrogen-bond donors (Lipinski definition) is 0.